The number of hydrogen-bond donors (Lipinski definition) is 1. The molecule has 0 saturated carbocycles. The third-order valence-corrected chi connectivity index (χ3v) is 3.33. The van der Waals surface area contributed by atoms with Gasteiger partial charge in [0.2, 0.25) is 0 Å². The van der Waals surface area contributed by atoms with Crippen molar-refractivity contribution in [3.63, 3.8) is 0 Å². The summed E-state index contributed by atoms with van der Waals surface area (Å²) < 4.78 is 5.08. The highest BCUT2D eigenvalue weighted by Gasteiger charge is 2.16. The fourth-order valence-electron chi connectivity index (χ4n) is 1.78. The molecule has 0 amide bonds. The van der Waals surface area contributed by atoms with Crippen molar-refractivity contribution in [2.24, 2.45) is 0 Å². The van der Waals surface area contributed by atoms with Crippen LogP contribution in [0, 0.1) is 0 Å². The first kappa shape index (κ1) is 13.7. The summed E-state index contributed by atoms with van der Waals surface area (Å²) in [6.45, 7) is 0. The van der Waals surface area contributed by atoms with Gasteiger partial charge in [-0.05, 0) is 18.2 Å². The minimum Gasteiger partial charge on any atom is -0.496 e. The van der Waals surface area contributed by atoms with Crippen LogP contribution in [0.2, 0.25) is 10.0 Å². The monoisotopic (exact) mass is 296 g/mol. The zero-order chi connectivity index (χ0) is 14.0. The van der Waals surface area contributed by atoms with Gasteiger partial charge in [0.05, 0.1) is 7.11 Å². The van der Waals surface area contributed by atoms with E-state index in [0.717, 1.165) is 5.56 Å². The summed E-state index contributed by atoms with van der Waals surface area (Å²) in [6, 6.07) is 10.1. The molecule has 0 heterocycles. The zero-order valence-electron chi connectivity index (χ0n) is 9.98. The second-order valence-corrected chi connectivity index (χ2v) is 4.63. The molecule has 2 aromatic carbocycles. The Kier molecular flexibility index (Phi) is 3.98. The number of methoxy groups -OCH3 is 1. The van der Waals surface area contributed by atoms with Crippen molar-refractivity contribution in [1.29, 1.82) is 0 Å². The number of aromatic carboxylic acids is 1. The molecule has 0 aliphatic heterocycles. The Bertz CT molecular complexity index is 639. The van der Waals surface area contributed by atoms with Gasteiger partial charge in [-0.3, -0.25) is 0 Å². The quantitative estimate of drug-likeness (QED) is 0.915. The van der Waals surface area contributed by atoms with Gasteiger partial charge in [-0.25, -0.2) is 4.79 Å². The molecule has 98 valence electrons. The smallest absolute Gasteiger partial charge is 0.339 e. The number of ether oxygens (including phenoxy) is 1. The summed E-state index contributed by atoms with van der Waals surface area (Å²) >= 11 is 12.2. The largest absolute Gasteiger partial charge is 0.496 e. The van der Waals surface area contributed by atoms with Crippen molar-refractivity contribution in [1.82, 2.24) is 0 Å². The second kappa shape index (κ2) is 5.51. The number of hydrogen-bond acceptors (Lipinski definition) is 2. The van der Waals surface area contributed by atoms with E-state index >= 15 is 0 Å². The molecule has 0 atom stereocenters. The number of carboxylic acid groups (broad SMARTS) is 1. The highest BCUT2D eigenvalue weighted by atomic mass is 35.5. The Hall–Kier alpha value is -1.71. The molecule has 0 bridgehead atoms. The standard InChI is InChI=1S/C14H10Cl2O3/c1-19-13-7-9(8-4-2-3-5-11(8)15)12(16)6-10(13)14(17)18/h2-7H,1H3,(H,17,18). The van der Waals surface area contributed by atoms with E-state index in [4.69, 9.17) is 33.0 Å². The fourth-order valence-corrected chi connectivity index (χ4v) is 2.28. The summed E-state index contributed by atoms with van der Waals surface area (Å²) in [5, 5.41) is 9.92. The van der Waals surface area contributed by atoms with E-state index < -0.39 is 5.97 Å². The first-order valence-corrected chi connectivity index (χ1v) is 6.16. The average molecular weight is 297 g/mol. The molecular formula is C14H10Cl2O3. The van der Waals surface area contributed by atoms with Gasteiger partial charge in [0.1, 0.15) is 11.3 Å². The maximum absolute atomic E-state index is 11.1. The van der Waals surface area contributed by atoms with Gasteiger partial charge in [0.15, 0.2) is 0 Å². The van der Waals surface area contributed by atoms with E-state index in [2.05, 4.69) is 0 Å². The second-order valence-electron chi connectivity index (χ2n) is 3.82. The number of rotatable bonds is 3. The Balaban J connectivity index is 2.66. The molecule has 0 radical (unpaired) electrons. The number of carboxylic acids is 1. The van der Waals surface area contributed by atoms with Crippen LogP contribution in [0.25, 0.3) is 11.1 Å². The van der Waals surface area contributed by atoms with Crippen LogP contribution in [0.1, 0.15) is 10.4 Å². The summed E-state index contributed by atoms with van der Waals surface area (Å²) in [5.41, 5.74) is 1.38. The highest BCUT2D eigenvalue weighted by molar-refractivity contribution is 6.36. The molecule has 0 spiro atoms. The van der Waals surface area contributed by atoms with Crippen LogP contribution in [-0.2, 0) is 0 Å². The molecule has 0 aliphatic carbocycles. The maximum atomic E-state index is 11.1. The molecule has 1 N–H and O–H groups in total. The Labute approximate surface area is 120 Å². The molecule has 19 heavy (non-hydrogen) atoms. The Morgan fingerprint density at radius 1 is 1.11 bits per heavy atom. The van der Waals surface area contributed by atoms with Gasteiger partial charge in [-0.2, -0.15) is 0 Å². The topological polar surface area (TPSA) is 46.5 Å². The number of halogens is 2. The molecule has 0 aromatic heterocycles. The van der Waals surface area contributed by atoms with Crippen molar-refractivity contribution in [2.45, 2.75) is 0 Å². The van der Waals surface area contributed by atoms with Gasteiger partial charge in [0.25, 0.3) is 0 Å². The maximum Gasteiger partial charge on any atom is 0.339 e. The summed E-state index contributed by atoms with van der Waals surface area (Å²) in [5.74, 6) is -0.851. The van der Waals surface area contributed by atoms with Crippen molar-refractivity contribution in [3.05, 3.63) is 52.0 Å². The number of carbonyl (C=O) groups is 1. The van der Waals surface area contributed by atoms with Gasteiger partial charge in [-0.15, -0.1) is 0 Å². The van der Waals surface area contributed by atoms with Crippen LogP contribution in [0.3, 0.4) is 0 Å². The van der Waals surface area contributed by atoms with Gasteiger partial charge in [-0.1, -0.05) is 41.4 Å². The summed E-state index contributed by atoms with van der Waals surface area (Å²) in [7, 11) is 1.41. The van der Waals surface area contributed by atoms with Gasteiger partial charge < -0.3 is 9.84 Å². The lowest BCUT2D eigenvalue weighted by atomic mass is 10.0. The van der Waals surface area contributed by atoms with Crippen LogP contribution in [0.4, 0.5) is 0 Å². The Morgan fingerprint density at radius 2 is 1.79 bits per heavy atom. The third kappa shape index (κ3) is 2.67. The van der Waals surface area contributed by atoms with Crippen LogP contribution >= 0.6 is 23.2 Å². The molecule has 0 saturated heterocycles. The summed E-state index contributed by atoms with van der Waals surface area (Å²) in [4.78, 5) is 11.1. The van der Waals surface area contributed by atoms with E-state index in [1.165, 1.54) is 13.2 Å². The SMILES string of the molecule is COc1cc(-c2ccccc2Cl)c(Cl)cc1C(=O)O. The lowest BCUT2D eigenvalue weighted by Gasteiger charge is -2.11. The first-order valence-electron chi connectivity index (χ1n) is 5.40. The predicted molar refractivity (Wildman–Crippen MR) is 75.4 cm³/mol. The van der Waals surface area contributed by atoms with E-state index in [9.17, 15) is 4.79 Å². The summed E-state index contributed by atoms with van der Waals surface area (Å²) in [6.07, 6.45) is 0. The normalized spacial score (nSPS) is 10.3. The fraction of sp³-hybridized carbons (Fsp3) is 0.0714. The lowest BCUT2D eigenvalue weighted by Crippen LogP contribution is -2.01. The molecule has 0 fully saturated rings. The van der Waals surface area contributed by atoms with E-state index in [1.807, 2.05) is 18.2 Å². The van der Waals surface area contributed by atoms with Crippen molar-refractivity contribution >= 4 is 29.2 Å². The van der Waals surface area contributed by atoms with Crippen LogP contribution in [-0.4, -0.2) is 18.2 Å². The van der Waals surface area contributed by atoms with Crippen LogP contribution in [0.15, 0.2) is 36.4 Å². The Morgan fingerprint density at radius 3 is 2.37 bits per heavy atom. The molecule has 0 unspecified atom stereocenters. The molecule has 2 aromatic rings. The average Bonchev–Trinajstić information content (AvgIpc) is 2.39. The first-order chi connectivity index (χ1) is 9.04. The molecule has 0 aliphatic rings. The third-order valence-electron chi connectivity index (χ3n) is 2.68. The lowest BCUT2D eigenvalue weighted by molar-refractivity contribution is 0.0693. The van der Waals surface area contributed by atoms with Crippen LogP contribution in [0.5, 0.6) is 5.75 Å². The van der Waals surface area contributed by atoms with Gasteiger partial charge in [0, 0.05) is 21.2 Å². The molecule has 3 nitrogen and oxygen atoms in total. The van der Waals surface area contributed by atoms with E-state index in [1.54, 1.807) is 12.1 Å². The minimum absolute atomic E-state index is 0.0169. The number of benzene rings is 2. The predicted octanol–water partition coefficient (Wildman–Crippen LogP) is 4.37. The highest BCUT2D eigenvalue weighted by Crippen LogP contribution is 2.37. The van der Waals surface area contributed by atoms with Crippen molar-refractivity contribution in [3.8, 4) is 16.9 Å². The van der Waals surface area contributed by atoms with E-state index in [-0.39, 0.29) is 11.3 Å². The van der Waals surface area contributed by atoms with Crippen molar-refractivity contribution < 1.29 is 14.6 Å². The molecular weight excluding hydrogens is 287 g/mol. The molecule has 5 heteroatoms. The van der Waals surface area contributed by atoms with Crippen LogP contribution < -0.4 is 4.74 Å². The van der Waals surface area contributed by atoms with E-state index in [0.29, 0.717) is 15.6 Å². The zero-order valence-corrected chi connectivity index (χ0v) is 11.5. The van der Waals surface area contributed by atoms with Crippen molar-refractivity contribution in [2.75, 3.05) is 7.11 Å². The van der Waals surface area contributed by atoms with Gasteiger partial charge >= 0.3 is 5.97 Å². The molecule has 2 rings (SSSR count). The minimum atomic E-state index is -1.09.